The largest absolute Gasteiger partial charge is 0.216 e. The van der Waals surface area contributed by atoms with Crippen molar-refractivity contribution in [1.82, 2.24) is 15.0 Å². The van der Waals surface area contributed by atoms with Crippen molar-refractivity contribution < 1.29 is 0 Å². The zero-order chi connectivity index (χ0) is 9.80. The molecule has 0 unspecified atom stereocenters. The Balaban J connectivity index is 2.42. The first kappa shape index (κ1) is 9.15. The van der Waals surface area contributed by atoms with Crippen molar-refractivity contribution in [3.05, 3.63) is 36.7 Å². The van der Waals surface area contributed by atoms with Crippen molar-refractivity contribution in [1.29, 1.82) is 0 Å². The van der Waals surface area contributed by atoms with Gasteiger partial charge in [-0.2, -0.15) is 0 Å². The molecule has 4 heteroatoms. The standard InChI is InChI=1S/C10H9N3S/c1-14-10-12-7-11-9(13-10)8-5-3-2-4-6-8/h2-7H,1H3. The van der Waals surface area contributed by atoms with Gasteiger partial charge in [-0.15, -0.1) is 0 Å². The Morgan fingerprint density at radius 1 is 1.07 bits per heavy atom. The molecule has 0 saturated carbocycles. The molecule has 0 aliphatic rings. The highest BCUT2D eigenvalue weighted by atomic mass is 32.2. The zero-order valence-electron chi connectivity index (χ0n) is 7.71. The van der Waals surface area contributed by atoms with Crippen LogP contribution in [0.1, 0.15) is 0 Å². The Labute approximate surface area is 86.6 Å². The van der Waals surface area contributed by atoms with Gasteiger partial charge in [-0.05, 0) is 6.26 Å². The molecule has 2 aromatic rings. The minimum absolute atomic E-state index is 0.727. The van der Waals surface area contributed by atoms with Crippen LogP contribution in [0.4, 0.5) is 0 Å². The monoisotopic (exact) mass is 203 g/mol. The number of hydrogen-bond donors (Lipinski definition) is 0. The van der Waals surface area contributed by atoms with Gasteiger partial charge in [0.15, 0.2) is 11.0 Å². The van der Waals surface area contributed by atoms with Crippen LogP contribution in [-0.2, 0) is 0 Å². The van der Waals surface area contributed by atoms with Crippen molar-refractivity contribution >= 4 is 11.8 Å². The summed E-state index contributed by atoms with van der Waals surface area (Å²) in [5.41, 5.74) is 1.02. The van der Waals surface area contributed by atoms with Crippen molar-refractivity contribution in [2.45, 2.75) is 5.16 Å². The second kappa shape index (κ2) is 4.19. The summed E-state index contributed by atoms with van der Waals surface area (Å²) >= 11 is 1.52. The van der Waals surface area contributed by atoms with Crippen LogP contribution < -0.4 is 0 Å². The molecule has 0 saturated heterocycles. The molecule has 0 atom stereocenters. The van der Waals surface area contributed by atoms with Crippen molar-refractivity contribution in [2.75, 3.05) is 6.26 Å². The average Bonchev–Trinajstić information content (AvgIpc) is 2.30. The van der Waals surface area contributed by atoms with Crippen LogP contribution in [0.5, 0.6) is 0 Å². The minimum Gasteiger partial charge on any atom is -0.216 e. The Hall–Kier alpha value is -1.42. The molecule has 2 rings (SSSR count). The van der Waals surface area contributed by atoms with E-state index in [1.54, 1.807) is 6.33 Å². The third-order valence-corrected chi connectivity index (χ3v) is 2.33. The molecule has 1 heterocycles. The molecule has 0 aliphatic heterocycles. The van der Waals surface area contributed by atoms with E-state index in [4.69, 9.17) is 0 Å². The number of hydrogen-bond acceptors (Lipinski definition) is 4. The van der Waals surface area contributed by atoms with Crippen molar-refractivity contribution in [2.24, 2.45) is 0 Å². The molecule has 0 spiro atoms. The molecule has 14 heavy (non-hydrogen) atoms. The van der Waals surface area contributed by atoms with Crippen molar-refractivity contribution in [3.63, 3.8) is 0 Å². The molecule has 0 radical (unpaired) electrons. The molecule has 1 aromatic carbocycles. The first-order valence-corrected chi connectivity index (χ1v) is 5.41. The van der Waals surface area contributed by atoms with E-state index in [2.05, 4.69) is 15.0 Å². The minimum atomic E-state index is 0.727. The summed E-state index contributed by atoms with van der Waals surface area (Å²) in [7, 11) is 0. The van der Waals surface area contributed by atoms with Gasteiger partial charge in [-0.3, -0.25) is 0 Å². The van der Waals surface area contributed by atoms with Crippen molar-refractivity contribution in [3.8, 4) is 11.4 Å². The summed E-state index contributed by atoms with van der Waals surface area (Å²) in [6.45, 7) is 0. The molecule has 0 N–H and O–H groups in total. The predicted molar refractivity (Wildman–Crippen MR) is 57.0 cm³/mol. The maximum Gasteiger partial charge on any atom is 0.190 e. The summed E-state index contributed by atoms with van der Waals surface area (Å²) < 4.78 is 0. The predicted octanol–water partition coefficient (Wildman–Crippen LogP) is 2.26. The zero-order valence-corrected chi connectivity index (χ0v) is 8.53. The van der Waals surface area contributed by atoms with Crippen LogP contribution in [0, 0.1) is 0 Å². The summed E-state index contributed by atoms with van der Waals surface area (Å²) in [5, 5.41) is 0.749. The Bertz CT molecular complexity index is 417. The fraction of sp³-hybridized carbons (Fsp3) is 0.100. The van der Waals surface area contributed by atoms with Gasteiger partial charge in [0.2, 0.25) is 0 Å². The van der Waals surface area contributed by atoms with Gasteiger partial charge in [0.05, 0.1) is 0 Å². The molecule has 70 valence electrons. The number of thioether (sulfide) groups is 1. The normalized spacial score (nSPS) is 10.1. The SMILES string of the molecule is CSc1ncnc(-c2ccccc2)n1. The van der Waals surface area contributed by atoms with E-state index in [1.165, 1.54) is 11.8 Å². The Kier molecular flexibility index (Phi) is 2.74. The summed E-state index contributed by atoms with van der Waals surface area (Å²) in [4.78, 5) is 12.4. The van der Waals surface area contributed by atoms with E-state index in [0.29, 0.717) is 0 Å². The van der Waals surface area contributed by atoms with E-state index in [1.807, 2.05) is 36.6 Å². The summed E-state index contributed by atoms with van der Waals surface area (Å²) in [6.07, 6.45) is 3.49. The van der Waals surface area contributed by atoms with Crippen LogP contribution in [0.3, 0.4) is 0 Å². The van der Waals surface area contributed by atoms with E-state index < -0.39 is 0 Å². The lowest BCUT2D eigenvalue weighted by Gasteiger charge is -1.99. The second-order valence-corrected chi connectivity index (χ2v) is 3.44. The average molecular weight is 203 g/mol. The smallest absolute Gasteiger partial charge is 0.190 e. The second-order valence-electron chi connectivity index (χ2n) is 2.66. The van der Waals surface area contributed by atoms with Gasteiger partial charge < -0.3 is 0 Å². The third kappa shape index (κ3) is 1.90. The Morgan fingerprint density at radius 2 is 1.86 bits per heavy atom. The van der Waals surface area contributed by atoms with Gasteiger partial charge in [-0.1, -0.05) is 42.1 Å². The van der Waals surface area contributed by atoms with Gasteiger partial charge in [0.1, 0.15) is 6.33 Å². The third-order valence-electron chi connectivity index (χ3n) is 1.76. The molecule has 0 fully saturated rings. The van der Waals surface area contributed by atoms with Crippen LogP contribution in [0.25, 0.3) is 11.4 Å². The first-order chi connectivity index (χ1) is 6.90. The van der Waals surface area contributed by atoms with Crippen LogP contribution in [0.15, 0.2) is 41.8 Å². The highest BCUT2D eigenvalue weighted by Gasteiger charge is 2.01. The topological polar surface area (TPSA) is 38.7 Å². The lowest BCUT2D eigenvalue weighted by Crippen LogP contribution is -1.92. The lowest BCUT2D eigenvalue weighted by atomic mass is 10.2. The molecule has 0 amide bonds. The maximum atomic E-state index is 4.30. The van der Waals surface area contributed by atoms with Crippen LogP contribution in [-0.4, -0.2) is 21.2 Å². The summed E-state index contributed by atoms with van der Waals surface area (Å²) in [6, 6.07) is 9.88. The fourth-order valence-electron chi connectivity index (χ4n) is 1.11. The number of nitrogens with zero attached hydrogens (tertiary/aromatic N) is 3. The molecule has 0 bridgehead atoms. The number of rotatable bonds is 2. The highest BCUT2D eigenvalue weighted by Crippen LogP contribution is 2.15. The van der Waals surface area contributed by atoms with E-state index in [9.17, 15) is 0 Å². The molecule has 0 aliphatic carbocycles. The quantitative estimate of drug-likeness (QED) is 0.702. The number of benzene rings is 1. The molecular formula is C10H9N3S. The van der Waals surface area contributed by atoms with E-state index in [0.717, 1.165) is 16.5 Å². The number of aromatic nitrogens is 3. The van der Waals surface area contributed by atoms with Gasteiger partial charge in [0.25, 0.3) is 0 Å². The molecule has 1 aromatic heterocycles. The molecule has 3 nitrogen and oxygen atoms in total. The van der Waals surface area contributed by atoms with Crippen LogP contribution >= 0.6 is 11.8 Å². The van der Waals surface area contributed by atoms with E-state index >= 15 is 0 Å². The molecular weight excluding hydrogens is 194 g/mol. The summed E-state index contributed by atoms with van der Waals surface area (Å²) in [5.74, 6) is 0.727. The fourth-order valence-corrected chi connectivity index (χ4v) is 1.44. The Morgan fingerprint density at radius 3 is 2.57 bits per heavy atom. The van der Waals surface area contributed by atoms with Crippen LogP contribution in [0.2, 0.25) is 0 Å². The highest BCUT2D eigenvalue weighted by molar-refractivity contribution is 7.98. The van der Waals surface area contributed by atoms with Gasteiger partial charge >= 0.3 is 0 Å². The van der Waals surface area contributed by atoms with E-state index in [-0.39, 0.29) is 0 Å². The maximum absolute atomic E-state index is 4.30. The lowest BCUT2D eigenvalue weighted by molar-refractivity contribution is 0.914. The van der Waals surface area contributed by atoms with Gasteiger partial charge in [-0.25, -0.2) is 15.0 Å². The van der Waals surface area contributed by atoms with Gasteiger partial charge in [0, 0.05) is 5.56 Å². The first-order valence-electron chi connectivity index (χ1n) is 4.18.